The predicted molar refractivity (Wildman–Crippen MR) is 110 cm³/mol. The van der Waals surface area contributed by atoms with Crippen molar-refractivity contribution >= 4 is 27.6 Å². The van der Waals surface area contributed by atoms with E-state index in [1.165, 1.54) is 29.0 Å². The molecule has 0 radical (unpaired) electrons. The topological polar surface area (TPSA) is 71.7 Å². The number of carbonyl (C=O) groups is 1. The van der Waals surface area contributed by atoms with Gasteiger partial charge in [0, 0.05) is 37.8 Å². The van der Waals surface area contributed by atoms with Crippen molar-refractivity contribution < 1.29 is 13.9 Å². The Kier molecular flexibility index (Phi) is 4.60. The van der Waals surface area contributed by atoms with Crippen molar-refractivity contribution in [3.8, 4) is 10.9 Å². The monoisotopic (exact) mass is 412 g/mol. The summed E-state index contributed by atoms with van der Waals surface area (Å²) in [5.74, 6) is 0.415. The van der Waals surface area contributed by atoms with Gasteiger partial charge in [0.15, 0.2) is 0 Å². The number of likely N-dealkylation sites (tertiary alicyclic amines) is 2. The van der Waals surface area contributed by atoms with Crippen LogP contribution >= 0.6 is 11.3 Å². The number of nitrogens with two attached hydrogens (primary N) is 1. The second-order valence-electron chi connectivity index (χ2n) is 7.62. The second-order valence-corrected chi connectivity index (χ2v) is 8.61. The van der Waals surface area contributed by atoms with Gasteiger partial charge in [-0.25, -0.2) is 14.2 Å². The van der Waals surface area contributed by atoms with Gasteiger partial charge in [0.25, 0.3) is 5.19 Å². The summed E-state index contributed by atoms with van der Waals surface area (Å²) in [4.78, 5) is 20.0. The molecule has 150 valence electrons. The summed E-state index contributed by atoms with van der Waals surface area (Å²) in [5.41, 5.74) is 7.27. The molecule has 2 aliphatic heterocycles. The van der Waals surface area contributed by atoms with Crippen molar-refractivity contribution in [3.05, 3.63) is 53.8 Å². The lowest BCUT2D eigenvalue weighted by Crippen LogP contribution is -2.50. The summed E-state index contributed by atoms with van der Waals surface area (Å²) in [6.07, 6.45) is 1.97. The molecule has 1 aromatic heterocycles. The van der Waals surface area contributed by atoms with Crippen LogP contribution in [0, 0.1) is 5.82 Å². The summed E-state index contributed by atoms with van der Waals surface area (Å²) in [6.45, 7) is 2.63. The largest absolute Gasteiger partial charge is 0.431 e. The molecule has 0 aliphatic carbocycles. The number of aromatic nitrogens is 1. The number of hydrogen-bond donors (Lipinski definition) is 1. The molecule has 0 spiro atoms. The minimum atomic E-state index is -0.300. The Hall–Kier alpha value is -2.71. The lowest BCUT2D eigenvalue weighted by atomic mass is 10.1. The van der Waals surface area contributed by atoms with Crippen LogP contribution in [0.2, 0.25) is 0 Å². The summed E-state index contributed by atoms with van der Waals surface area (Å²) in [6, 6.07) is 13.0. The van der Waals surface area contributed by atoms with Crippen LogP contribution in [0.1, 0.15) is 12.0 Å². The molecule has 2 unspecified atom stereocenters. The number of amides is 2. The number of fused-ring (bicyclic) bond motifs is 3. The minimum Gasteiger partial charge on any atom is -0.431 e. The number of primary amides is 1. The maximum atomic E-state index is 13.3. The van der Waals surface area contributed by atoms with E-state index in [0.29, 0.717) is 22.5 Å². The smallest absolute Gasteiger partial charge is 0.315 e. The van der Waals surface area contributed by atoms with Crippen LogP contribution in [-0.4, -0.2) is 52.5 Å². The van der Waals surface area contributed by atoms with E-state index in [1.807, 2.05) is 12.1 Å². The molecular weight excluding hydrogens is 391 g/mol. The zero-order chi connectivity index (χ0) is 20.0. The first kappa shape index (κ1) is 18.3. The van der Waals surface area contributed by atoms with E-state index in [2.05, 4.69) is 22.0 Å². The quantitative estimate of drug-likeness (QED) is 0.695. The number of halogens is 1. The molecule has 2 aliphatic rings. The van der Waals surface area contributed by atoms with E-state index in [1.54, 1.807) is 11.0 Å². The Morgan fingerprint density at radius 2 is 2.03 bits per heavy atom. The maximum Gasteiger partial charge on any atom is 0.315 e. The molecule has 29 heavy (non-hydrogen) atoms. The first-order valence-electron chi connectivity index (χ1n) is 9.68. The molecule has 3 aromatic rings. The molecular formula is C21H21FN4O2S. The molecule has 2 bridgehead atoms. The van der Waals surface area contributed by atoms with Crippen molar-refractivity contribution in [3.63, 3.8) is 0 Å². The van der Waals surface area contributed by atoms with Gasteiger partial charge in [0.2, 0.25) is 0 Å². The number of urea groups is 1. The van der Waals surface area contributed by atoms with Gasteiger partial charge in [-0.3, -0.25) is 4.90 Å². The molecule has 2 atom stereocenters. The number of nitrogens with zero attached hydrogens (tertiary/aromatic N) is 3. The Morgan fingerprint density at radius 3 is 2.76 bits per heavy atom. The Labute approximate surface area is 171 Å². The van der Waals surface area contributed by atoms with Crippen LogP contribution in [0.25, 0.3) is 10.2 Å². The van der Waals surface area contributed by atoms with E-state index >= 15 is 0 Å². The fraction of sp³-hybridized carbons (Fsp3) is 0.333. The third kappa shape index (κ3) is 3.65. The zero-order valence-corrected chi connectivity index (χ0v) is 16.6. The SMILES string of the molecule is NC(=O)N1CC2CC1CN2CCc1ccc(Oc2nc3cc(F)ccc3s2)cc1. The number of hydrogen-bond acceptors (Lipinski definition) is 5. The Bertz CT molecular complexity index is 1050. The molecule has 2 aromatic carbocycles. The molecule has 2 saturated heterocycles. The van der Waals surface area contributed by atoms with Crippen molar-refractivity contribution in [2.24, 2.45) is 5.73 Å². The molecule has 2 fully saturated rings. The van der Waals surface area contributed by atoms with Crippen LogP contribution < -0.4 is 10.5 Å². The number of ether oxygens (including phenoxy) is 1. The van der Waals surface area contributed by atoms with Gasteiger partial charge >= 0.3 is 6.03 Å². The van der Waals surface area contributed by atoms with Gasteiger partial charge in [-0.1, -0.05) is 23.5 Å². The minimum absolute atomic E-state index is 0.274. The lowest BCUT2D eigenvalue weighted by Gasteiger charge is -2.33. The summed E-state index contributed by atoms with van der Waals surface area (Å²) in [5, 5.41) is 0.505. The molecule has 5 rings (SSSR count). The van der Waals surface area contributed by atoms with Gasteiger partial charge in [0.05, 0.1) is 10.2 Å². The fourth-order valence-electron chi connectivity index (χ4n) is 4.31. The van der Waals surface area contributed by atoms with Crippen molar-refractivity contribution in [1.29, 1.82) is 0 Å². The molecule has 6 nitrogen and oxygen atoms in total. The maximum absolute atomic E-state index is 13.3. The molecule has 2 amide bonds. The Balaban J connectivity index is 1.17. The van der Waals surface area contributed by atoms with Crippen molar-refractivity contribution in [2.45, 2.75) is 24.9 Å². The van der Waals surface area contributed by atoms with Crippen LogP contribution in [0.3, 0.4) is 0 Å². The van der Waals surface area contributed by atoms with E-state index < -0.39 is 0 Å². The number of piperazine rings is 1. The third-order valence-corrected chi connectivity index (χ3v) is 6.70. The highest BCUT2D eigenvalue weighted by Gasteiger charge is 2.44. The zero-order valence-electron chi connectivity index (χ0n) is 15.8. The van der Waals surface area contributed by atoms with Gasteiger partial charge < -0.3 is 15.4 Å². The number of thiazole rings is 1. The fourth-order valence-corrected chi connectivity index (χ4v) is 5.13. The lowest BCUT2D eigenvalue weighted by molar-refractivity contribution is 0.142. The van der Waals surface area contributed by atoms with Gasteiger partial charge in [-0.15, -0.1) is 0 Å². The first-order chi connectivity index (χ1) is 14.0. The second kappa shape index (κ2) is 7.27. The van der Waals surface area contributed by atoms with E-state index in [4.69, 9.17) is 10.5 Å². The predicted octanol–water partition coefficient (Wildman–Crippen LogP) is 3.61. The average Bonchev–Trinajstić information content (AvgIpc) is 3.40. The van der Waals surface area contributed by atoms with Crippen LogP contribution in [0.15, 0.2) is 42.5 Å². The normalized spacial score (nSPS) is 21.2. The van der Waals surface area contributed by atoms with Crippen LogP contribution in [0.5, 0.6) is 10.9 Å². The van der Waals surface area contributed by atoms with Crippen LogP contribution in [-0.2, 0) is 6.42 Å². The summed E-state index contributed by atoms with van der Waals surface area (Å²) >= 11 is 1.40. The van der Waals surface area contributed by atoms with Crippen molar-refractivity contribution in [2.75, 3.05) is 19.6 Å². The van der Waals surface area contributed by atoms with Crippen LogP contribution in [0.4, 0.5) is 9.18 Å². The first-order valence-corrected chi connectivity index (χ1v) is 10.5. The number of rotatable bonds is 5. The van der Waals surface area contributed by atoms with E-state index in [9.17, 15) is 9.18 Å². The van der Waals surface area contributed by atoms with E-state index in [-0.39, 0.29) is 17.9 Å². The highest BCUT2D eigenvalue weighted by atomic mass is 32.1. The van der Waals surface area contributed by atoms with Gasteiger partial charge in [-0.05, 0) is 42.7 Å². The van der Waals surface area contributed by atoms with Gasteiger partial charge in [-0.2, -0.15) is 0 Å². The molecule has 8 heteroatoms. The molecule has 2 N–H and O–H groups in total. The number of carbonyl (C=O) groups excluding carboxylic acids is 1. The van der Waals surface area contributed by atoms with Crippen molar-refractivity contribution in [1.82, 2.24) is 14.8 Å². The Morgan fingerprint density at radius 1 is 1.21 bits per heavy atom. The standard InChI is InChI=1S/C21H21FN4O2S/c22-14-3-6-19-18(9-14)24-21(29-19)28-17-4-1-13(2-5-17)7-8-25-11-16-10-15(25)12-26(16)20(23)27/h1-6,9,15-16H,7-8,10-12H2,(H2,23,27). The van der Waals surface area contributed by atoms with Gasteiger partial charge in [0.1, 0.15) is 11.6 Å². The highest BCUT2D eigenvalue weighted by molar-refractivity contribution is 7.20. The number of benzene rings is 2. The summed E-state index contributed by atoms with van der Waals surface area (Å²) in [7, 11) is 0. The molecule has 3 heterocycles. The third-order valence-electron chi connectivity index (χ3n) is 5.78. The molecule has 0 saturated carbocycles. The highest BCUT2D eigenvalue weighted by Crippen LogP contribution is 2.32. The average molecular weight is 412 g/mol. The summed E-state index contributed by atoms with van der Waals surface area (Å²) < 4.78 is 20.0. The van der Waals surface area contributed by atoms with E-state index in [0.717, 1.165) is 37.2 Å².